The van der Waals surface area contributed by atoms with E-state index in [1.807, 2.05) is 0 Å². The van der Waals surface area contributed by atoms with Gasteiger partial charge < -0.3 is 9.88 Å². The summed E-state index contributed by atoms with van der Waals surface area (Å²) in [5.41, 5.74) is 2.38. The molecule has 0 saturated carbocycles. The number of imidazole rings is 1. The van der Waals surface area contributed by atoms with Crippen LogP contribution in [-0.4, -0.2) is 16.1 Å². The van der Waals surface area contributed by atoms with Gasteiger partial charge in [-0.2, -0.15) is 0 Å². The maximum atomic E-state index is 4.90. The molecule has 1 atom stereocenters. The molecule has 1 aromatic carbocycles. The van der Waals surface area contributed by atoms with Crippen molar-refractivity contribution in [3.8, 4) is 0 Å². The van der Waals surface area contributed by atoms with E-state index in [9.17, 15) is 0 Å². The lowest BCUT2D eigenvalue weighted by atomic mass is 10.1. The molecule has 3 nitrogen and oxygen atoms in total. The second-order valence-corrected chi connectivity index (χ2v) is 5.78. The van der Waals surface area contributed by atoms with Crippen LogP contribution in [0.5, 0.6) is 0 Å². The minimum atomic E-state index is 0.414. The summed E-state index contributed by atoms with van der Waals surface area (Å²) >= 11 is 0. The molecule has 1 N–H and O–H groups in total. The maximum absolute atomic E-state index is 4.90. The number of benzene rings is 1. The number of aromatic nitrogens is 2. The van der Waals surface area contributed by atoms with Crippen molar-refractivity contribution in [3.63, 3.8) is 0 Å². The first kappa shape index (κ1) is 12.7. The number of fused-ring (bicyclic) bond motifs is 1. The second-order valence-electron chi connectivity index (χ2n) is 5.78. The van der Waals surface area contributed by atoms with Gasteiger partial charge in [0.05, 0.1) is 17.1 Å². The van der Waals surface area contributed by atoms with E-state index in [1.165, 1.54) is 37.0 Å². The highest BCUT2D eigenvalue weighted by molar-refractivity contribution is 5.76. The summed E-state index contributed by atoms with van der Waals surface area (Å²) in [6.45, 7) is 5.61. The van der Waals surface area contributed by atoms with Gasteiger partial charge in [0.1, 0.15) is 5.82 Å². The van der Waals surface area contributed by atoms with E-state index in [0.717, 1.165) is 12.1 Å². The van der Waals surface area contributed by atoms with Crippen LogP contribution in [0.4, 0.5) is 0 Å². The molecular formula is C16H23N3. The highest BCUT2D eigenvalue weighted by Crippen LogP contribution is 2.28. The summed E-state index contributed by atoms with van der Waals surface area (Å²) in [4.78, 5) is 4.90. The van der Waals surface area contributed by atoms with Crippen molar-refractivity contribution in [2.75, 3.05) is 6.54 Å². The number of hydrogen-bond acceptors (Lipinski definition) is 2. The summed E-state index contributed by atoms with van der Waals surface area (Å²) in [7, 11) is 0. The van der Waals surface area contributed by atoms with Gasteiger partial charge in [-0.15, -0.1) is 0 Å². The first-order valence-electron chi connectivity index (χ1n) is 7.47. The van der Waals surface area contributed by atoms with Crippen LogP contribution < -0.4 is 5.32 Å². The van der Waals surface area contributed by atoms with Gasteiger partial charge in [-0.3, -0.25) is 0 Å². The number of nitrogens with one attached hydrogen (secondary N) is 1. The molecule has 2 heterocycles. The highest BCUT2D eigenvalue weighted by Gasteiger charge is 2.22. The van der Waals surface area contributed by atoms with Gasteiger partial charge in [-0.1, -0.05) is 25.0 Å². The Hall–Kier alpha value is -1.35. The van der Waals surface area contributed by atoms with Gasteiger partial charge in [0.25, 0.3) is 0 Å². The van der Waals surface area contributed by atoms with E-state index in [4.69, 9.17) is 4.98 Å². The van der Waals surface area contributed by atoms with Crippen molar-refractivity contribution < 1.29 is 0 Å². The molecule has 1 saturated heterocycles. The normalized spacial score (nSPS) is 20.9. The first-order chi connectivity index (χ1) is 9.27. The molecule has 0 amide bonds. The third-order valence-electron chi connectivity index (χ3n) is 4.01. The van der Waals surface area contributed by atoms with Gasteiger partial charge in [0.2, 0.25) is 0 Å². The van der Waals surface area contributed by atoms with Crippen molar-refractivity contribution >= 4 is 11.0 Å². The van der Waals surface area contributed by atoms with Crippen LogP contribution in [0.3, 0.4) is 0 Å². The average Bonchev–Trinajstić information content (AvgIpc) is 2.59. The summed E-state index contributed by atoms with van der Waals surface area (Å²) in [5.74, 6) is 1.22. The Balaban J connectivity index is 2.08. The molecule has 102 valence electrons. The Morgan fingerprint density at radius 2 is 2.05 bits per heavy atom. The summed E-state index contributed by atoms with van der Waals surface area (Å²) in [5, 5.41) is 3.67. The standard InChI is InChI=1S/C16H23N3/c1-12(2)19-15-10-6-5-8-13(15)18-16(19)14-9-4-3-7-11-17-14/h5-6,8,10,12,14,17H,3-4,7,9,11H2,1-2H3. The molecule has 3 rings (SSSR count). The van der Waals surface area contributed by atoms with E-state index in [2.05, 4.69) is 48.0 Å². The Kier molecular flexibility index (Phi) is 3.56. The zero-order valence-corrected chi connectivity index (χ0v) is 11.9. The second kappa shape index (κ2) is 5.33. The smallest absolute Gasteiger partial charge is 0.127 e. The van der Waals surface area contributed by atoms with Crippen LogP contribution in [0.2, 0.25) is 0 Å². The molecule has 0 aliphatic carbocycles. The van der Waals surface area contributed by atoms with Crippen LogP contribution in [0, 0.1) is 0 Å². The summed E-state index contributed by atoms with van der Waals surface area (Å²) < 4.78 is 2.40. The topological polar surface area (TPSA) is 29.9 Å². The van der Waals surface area contributed by atoms with E-state index in [1.54, 1.807) is 0 Å². The van der Waals surface area contributed by atoms with Crippen LogP contribution in [0.25, 0.3) is 11.0 Å². The zero-order chi connectivity index (χ0) is 13.2. The Morgan fingerprint density at radius 3 is 2.89 bits per heavy atom. The molecule has 19 heavy (non-hydrogen) atoms. The van der Waals surface area contributed by atoms with Crippen molar-refractivity contribution in [2.45, 2.75) is 51.6 Å². The maximum Gasteiger partial charge on any atom is 0.127 e. The number of hydrogen-bond donors (Lipinski definition) is 1. The van der Waals surface area contributed by atoms with Crippen LogP contribution in [0.15, 0.2) is 24.3 Å². The van der Waals surface area contributed by atoms with E-state index in [0.29, 0.717) is 12.1 Å². The minimum absolute atomic E-state index is 0.414. The molecule has 1 aliphatic heterocycles. The van der Waals surface area contributed by atoms with Crippen molar-refractivity contribution in [1.82, 2.24) is 14.9 Å². The summed E-state index contributed by atoms with van der Waals surface area (Å²) in [6, 6.07) is 9.35. The Bertz CT molecular complexity index is 548. The van der Waals surface area contributed by atoms with Crippen LogP contribution >= 0.6 is 0 Å². The number of para-hydroxylation sites is 2. The lowest BCUT2D eigenvalue weighted by Crippen LogP contribution is -2.24. The predicted octanol–water partition coefficient (Wildman–Crippen LogP) is 3.82. The van der Waals surface area contributed by atoms with Gasteiger partial charge in [0.15, 0.2) is 0 Å². The molecule has 1 fully saturated rings. The average molecular weight is 257 g/mol. The Morgan fingerprint density at radius 1 is 1.21 bits per heavy atom. The van der Waals surface area contributed by atoms with Crippen molar-refractivity contribution in [1.29, 1.82) is 0 Å². The lowest BCUT2D eigenvalue weighted by Gasteiger charge is -2.20. The molecule has 1 unspecified atom stereocenters. The van der Waals surface area contributed by atoms with Crippen molar-refractivity contribution in [2.24, 2.45) is 0 Å². The quantitative estimate of drug-likeness (QED) is 0.886. The summed E-state index contributed by atoms with van der Waals surface area (Å²) in [6.07, 6.45) is 5.14. The van der Waals surface area contributed by atoms with Gasteiger partial charge in [-0.05, 0) is 45.4 Å². The molecule has 1 aromatic heterocycles. The van der Waals surface area contributed by atoms with Crippen LogP contribution in [-0.2, 0) is 0 Å². The number of rotatable bonds is 2. The van der Waals surface area contributed by atoms with E-state index < -0.39 is 0 Å². The molecule has 3 heteroatoms. The zero-order valence-electron chi connectivity index (χ0n) is 11.9. The minimum Gasteiger partial charge on any atom is -0.324 e. The highest BCUT2D eigenvalue weighted by atomic mass is 15.1. The molecule has 1 aliphatic rings. The van der Waals surface area contributed by atoms with E-state index in [-0.39, 0.29) is 0 Å². The third kappa shape index (κ3) is 2.39. The Labute approximate surface area is 115 Å². The SMILES string of the molecule is CC(C)n1c(C2CCCCCN2)nc2ccccc21. The van der Waals surface area contributed by atoms with Gasteiger partial charge in [-0.25, -0.2) is 4.98 Å². The number of nitrogens with zero attached hydrogens (tertiary/aromatic N) is 2. The first-order valence-corrected chi connectivity index (χ1v) is 7.47. The molecule has 2 aromatic rings. The molecule has 0 spiro atoms. The van der Waals surface area contributed by atoms with Crippen molar-refractivity contribution in [3.05, 3.63) is 30.1 Å². The third-order valence-corrected chi connectivity index (χ3v) is 4.01. The fourth-order valence-electron chi connectivity index (χ4n) is 3.10. The predicted molar refractivity (Wildman–Crippen MR) is 79.3 cm³/mol. The molecular weight excluding hydrogens is 234 g/mol. The largest absolute Gasteiger partial charge is 0.324 e. The van der Waals surface area contributed by atoms with Gasteiger partial charge in [0, 0.05) is 6.04 Å². The van der Waals surface area contributed by atoms with Crippen LogP contribution in [0.1, 0.15) is 57.4 Å². The lowest BCUT2D eigenvalue weighted by molar-refractivity contribution is 0.464. The molecule has 0 radical (unpaired) electrons. The monoisotopic (exact) mass is 257 g/mol. The molecule has 0 bridgehead atoms. The fraction of sp³-hybridized carbons (Fsp3) is 0.562. The van der Waals surface area contributed by atoms with Gasteiger partial charge >= 0.3 is 0 Å². The van der Waals surface area contributed by atoms with E-state index >= 15 is 0 Å². The fourth-order valence-corrected chi connectivity index (χ4v) is 3.10.